The maximum Gasteiger partial charge on any atom is 0.257 e. The fourth-order valence-corrected chi connectivity index (χ4v) is 2.98. The lowest BCUT2D eigenvalue weighted by Gasteiger charge is -2.23. The zero-order valence-electron chi connectivity index (χ0n) is 12.1. The smallest absolute Gasteiger partial charge is 0.257 e. The van der Waals surface area contributed by atoms with E-state index in [1.807, 2.05) is 0 Å². The van der Waals surface area contributed by atoms with E-state index in [0.717, 1.165) is 6.42 Å². The molecule has 1 fully saturated rings. The Kier molecular flexibility index (Phi) is 4.59. The van der Waals surface area contributed by atoms with E-state index in [1.165, 1.54) is 12.5 Å². The lowest BCUT2D eigenvalue weighted by atomic mass is 10.2. The average molecular weight is 353 g/mol. The molecule has 1 aromatic carbocycles. The van der Waals surface area contributed by atoms with Crippen LogP contribution in [-0.4, -0.2) is 29.3 Å². The van der Waals surface area contributed by atoms with E-state index < -0.39 is 6.04 Å². The van der Waals surface area contributed by atoms with Crippen LogP contribution in [0.1, 0.15) is 23.2 Å². The van der Waals surface area contributed by atoms with Gasteiger partial charge in [-0.1, -0.05) is 23.2 Å². The van der Waals surface area contributed by atoms with Gasteiger partial charge in [0.05, 0.1) is 22.5 Å². The molecule has 1 aliphatic rings. The molecule has 0 saturated carbocycles. The van der Waals surface area contributed by atoms with Crippen molar-refractivity contribution in [3.05, 3.63) is 52.4 Å². The Labute approximate surface area is 143 Å². The summed E-state index contributed by atoms with van der Waals surface area (Å²) in [6, 6.07) is 5.89. The number of amides is 2. The number of carbonyl (C=O) groups excluding carboxylic acids is 2. The quantitative estimate of drug-likeness (QED) is 0.912. The van der Waals surface area contributed by atoms with Crippen LogP contribution >= 0.6 is 23.2 Å². The second kappa shape index (κ2) is 6.64. The second-order valence-corrected chi connectivity index (χ2v) is 6.13. The summed E-state index contributed by atoms with van der Waals surface area (Å²) in [5, 5.41) is 3.62. The molecule has 0 bridgehead atoms. The maximum absolute atomic E-state index is 12.5. The number of rotatable bonds is 3. The van der Waals surface area contributed by atoms with Crippen LogP contribution in [0.15, 0.2) is 41.2 Å². The first kappa shape index (κ1) is 15.9. The Hall–Kier alpha value is -1.98. The Bertz CT molecular complexity index is 731. The van der Waals surface area contributed by atoms with Crippen LogP contribution < -0.4 is 5.32 Å². The molecule has 1 aromatic heterocycles. The van der Waals surface area contributed by atoms with E-state index in [0.29, 0.717) is 34.3 Å². The highest BCUT2D eigenvalue weighted by atomic mass is 35.5. The average Bonchev–Trinajstić information content (AvgIpc) is 3.20. The SMILES string of the molecule is O=C(Nc1cc(Cl)ccc1Cl)C1CCCN1C(=O)c1ccoc1. The number of likely N-dealkylation sites (tertiary alicyclic amines) is 1. The van der Waals surface area contributed by atoms with E-state index in [-0.39, 0.29) is 11.8 Å². The molecule has 0 radical (unpaired) electrons. The predicted octanol–water partition coefficient (Wildman–Crippen LogP) is 3.83. The third kappa shape index (κ3) is 3.35. The van der Waals surface area contributed by atoms with Gasteiger partial charge in [0.2, 0.25) is 5.91 Å². The largest absolute Gasteiger partial charge is 0.472 e. The zero-order chi connectivity index (χ0) is 16.4. The number of hydrogen-bond acceptors (Lipinski definition) is 3. The Morgan fingerprint density at radius 1 is 1.26 bits per heavy atom. The van der Waals surface area contributed by atoms with Gasteiger partial charge in [0.15, 0.2) is 0 Å². The van der Waals surface area contributed by atoms with Crippen molar-refractivity contribution in [1.29, 1.82) is 0 Å². The van der Waals surface area contributed by atoms with E-state index in [1.54, 1.807) is 29.2 Å². The van der Waals surface area contributed by atoms with E-state index in [9.17, 15) is 9.59 Å². The Morgan fingerprint density at radius 2 is 2.09 bits per heavy atom. The first-order valence-electron chi connectivity index (χ1n) is 7.15. The summed E-state index contributed by atoms with van der Waals surface area (Å²) in [5.74, 6) is -0.489. The van der Waals surface area contributed by atoms with Crippen molar-refractivity contribution in [2.45, 2.75) is 18.9 Å². The van der Waals surface area contributed by atoms with Crippen molar-refractivity contribution in [2.75, 3.05) is 11.9 Å². The highest BCUT2D eigenvalue weighted by Gasteiger charge is 2.35. The van der Waals surface area contributed by atoms with Crippen LogP contribution in [0.3, 0.4) is 0 Å². The highest BCUT2D eigenvalue weighted by Crippen LogP contribution is 2.27. The van der Waals surface area contributed by atoms with Crippen LogP contribution in [-0.2, 0) is 4.79 Å². The van der Waals surface area contributed by atoms with Gasteiger partial charge < -0.3 is 14.6 Å². The molecule has 5 nitrogen and oxygen atoms in total. The molecule has 1 saturated heterocycles. The minimum absolute atomic E-state index is 0.214. The molecule has 23 heavy (non-hydrogen) atoms. The first-order valence-corrected chi connectivity index (χ1v) is 7.91. The summed E-state index contributed by atoms with van der Waals surface area (Å²) in [6.45, 7) is 0.533. The standard InChI is InChI=1S/C16H14Cl2N2O3/c17-11-3-4-12(18)13(8-11)19-15(21)14-2-1-6-20(14)16(22)10-5-7-23-9-10/h3-5,7-9,14H,1-2,6H2,(H,19,21). The number of carbonyl (C=O) groups is 2. The number of hydrogen-bond donors (Lipinski definition) is 1. The van der Waals surface area contributed by atoms with Crippen LogP contribution in [0, 0.1) is 0 Å². The lowest BCUT2D eigenvalue weighted by Crippen LogP contribution is -2.43. The number of benzene rings is 1. The van der Waals surface area contributed by atoms with Gasteiger partial charge in [0, 0.05) is 11.6 Å². The first-order chi connectivity index (χ1) is 11.1. The van der Waals surface area contributed by atoms with Gasteiger partial charge in [-0.3, -0.25) is 9.59 Å². The van der Waals surface area contributed by atoms with Gasteiger partial charge in [0.25, 0.3) is 5.91 Å². The molecule has 1 unspecified atom stereocenters. The maximum atomic E-state index is 12.5. The van der Waals surface area contributed by atoms with E-state index in [2.05, 4.69) is 5.32 Å². The van der Waals surface area contributed by atoms with Crippen LogP contribution in [0.4, 0.5) is 5.69 Å². The minimum Gasteiger partial charge on any atom is -0.472 e. The van der Waals surface area contributed by atoms with Crippen molar-refractivity contribution in [2.24, 2.45) is 0 Å². The molecule has 7 heteroatoms. The third-order valence-corrected chi connectivity index (χ3v) is 4.34. The van der Waals surface area contributed by atoms with Gasteiger partial charge in [-0.2, -0.15) is 0 Å². The molecule has 1 atom stereocenters. The van der Waals surface area contributed by atoms with Crippen LogP contribution in [0.5, 0.6) is 0 Å². The fourth-order valence-electron chi connectivity index (χ4n) is 2.64. The monoisotopic (exact) mass is 352 g/mol. The van der Waals surface area contributed by atoms with Gasteiger partial charge in [-0.05, 0) is 37.1 Å². The summed E-state index contributed by atoms with van der Waals surface area (Å²) in [6.07, 6.45) is 4.19. The topological polar surface area (TPSA) is 62.6 Å². The van der Waals surface area contributed by atoms with Crippen LogP contribution in [0.25, 0.3) is 0 Å². The van der Waals surface area contributed by atoms with Gasteiger partial charge >= 0.3 is 0 Å². The number of halogens is 2. The van der Waals surface area contributed by atoms with Gasteiger partial charge in [-0.15, -0.1) is 0 Å². The number of furan rings is 1. The molecule has 1 N–H and O–H groups in total. The van der Waals surface area contributed by atoms with Crippen molar-refractivity contribution >= 4 is 40.7 Å². The molecule has 2 aromatic rings. The molecular weight excluding hydrogens is 339 g/mol. The molecular formula is C16H14Cl2N2O3. The molecule has 2 heterocycles. The normalized spacial score (nSPS) is 17.3. The molecule has 2 amide bonds. The van der Waals surface area contributed by atoms with Crippen molar-refractivity contribution in [3.8, 4) is 0 Å². The number of anilines is 1. The molecule has 3 rings (SSSR count). The van der Waals surface area contributed by atoms with E-state index >= 15 is 0 Å². The highest BCUT2D eigenvalue weighted by molar-refractivity contribution is 6.35. The zero-order valence-corrected chi connectivity index (χ0v) is 13.6. The summed E-state index contributed by atoms with van der Waals surface area (Å²) in [5.41, 5.74) is 0.872. The summed E-state index contributed by atoms with van der Waals surface area (Å²) >= 11 is 12.0. The summed E-state index contributed by atoms with van der Waals surface area (Å²) < 4.78 is 4.94. The Morgan fingerprint density at radius 3 is 2.83 bits per heavy atom. The number of nitrogens with one attached hydrogen (secondary N) is 1. The van der Waals surface area contributed by atoms with Gasteiger partial charge in [-0.25, -0.2) is 0 Å². The summed E-state index contributed by atoms with van der Waals surface area (Å²) in [4.78, 5) is 26.5. The van der Waals surface area contributed by atoms with Crippen molar-refractivity contribution < 1.29 is 14.0 Å². The third-order valence-electron chi connectivity index (χ3n) is 3.77. The van der Waals surface area contributed by atoms with Gasteiger partial charge in [0.1, 0.15) is 12.3 Å². The fraction of sp³-hybridized carbons (Fsp3) is 0.250. The Balaban J connectivity index is 1.76. The van der Waals surface area contributed by atoms with Crippen LogP contribution in [0.2, 0.25) is 10.0 Å². The lowest BCUT2D eigenvalue weighted by molar-refractivity contribution is -0.119. The second-order valence-electron chi connectivity index (χ2n) is 5.28. The minimum atomic E-state index is -0.535. The molecule has 0 aliphatic carbocycles. The van der Waals surface area contributed by atoms with Crippen molar-refractivity contribution in [1.82, 2.24) is 4.90 Å². The summed E-state index contributed by atoms with van der Waals surface area (Å²) in [7, 11) is 0. The molecule has 120 valence electrons. The molecule has 1 aliphatic heterocycles. The molecule has 0 spiro atoms. The predicted molar refractivity (Wildman–Crippen MR) is 87.9 cm³/mol. The number of nitrogens with zero attached hydrogens (tertiary/aromatic N) is 1. The van der Waals surface area contributed by atoms with E-state index in [4.69, 9.17) is 27.6 Å². The van der Waals surface area contributed by atoms with Crippen molar-refractivity contribution in [3.63, 3.8) is 0 Å².